The number of aromatic nitrogens is 1. The number of ketones is 1. The summed E-state index contributed by atoms with van der Waals surface area (Å²) in [5, 5.41) is 0.679. The molecular formula is C10H7ClFNO. The molecule has 0 saturated carbocycles. The largest absolute Gasteiger partial charge is 0.352 e. The summed E-state index contributed by atoms with van der Waals surface area (Å²) in [6.07, 6.45) is 0. The summed E-state index contributed by atoms with van der Waals surface area (Å²) < 4.78 is 12.8. The van der Waals surface area contributed by atoms with E-state index in [4.69, 9.17) is 11.6 Å². The molecule has 0 unspecified atom stereocenters. The lowest BCUT2D eigenvalue weighted by Gasteiger charge is -1.88. The van der Waals surface area contributed by atoms with Crippen molar-refractivity contribution < 1.29 is 9.18 Å². The molecule has 14 heavy (non-hydrogen) atoms. The Hall–Kier alpha value is -1.35. The first-order valence-corrected chi connectivity index (χ1v) is 4.61. The van der Waals surface area contributed by atoms with Gasteiger partial charge >= 0.3 is 0 Å². The third kappa shape index (κ3) is 1.51. The van der Waals surface area contributed by atoms with Crippen LogP contribution in [0.15, 0.2) is 24.3 Å². The molecule has 2 rings (SSSR count). The molecule has 1 heterocycles. The Bertz CT molecular complexity index is 492. The maximum absolute atomic E-state index is 12.8. The van der Waals surface area contributed by atoms with Crippen molar-refractivity contribution in [1.29, 1.82) is 0 Å². The normalized spacial score (nSPS) is 10.7. The van der Waals surface area contributed by atoms with E-state index in [1.807, 2.05) is 0 Å². The summed E-state index contributed by atoms with van der Waals surface area (Å²) in [5.74, 6) is -0.584. The number of fused-ring (bicyclic) bond motifs is 1. The number of H-pyrrole nitrogens is 1. The molecule has 0 aliphatic rings. The Morgan fingerprint density at radius 2 is 2.21 bits per heavy atom. The number of nitrogens with one attached hydrogen (secondary N) is 1. The first kappa shape index (κ1) is 9.21. The third-order valence-electron chi connectivity index (χ3n) is 2.00. The molecule has 1 aromatic carbocycles. The monoisotopic (exact) mass is 211 g/mol. The molecule has 1 N–H and O–H groups in total. The lowest BCUT2D eigenvalue weighted by molar-refractivity contribution is 0.101. The molecule has 0 aliphatic carbocycles. The molecule has 0 amide bonds. The van der Waals surface area contributed by atoms with Gasteiger partial charge in [-0.3, -0.25) is 4.79 Å². The lowest BCUT2D eigenvalue weighted by atomic mass is 10.2. The molecule has 4 heteroatoms. The van der Waals surface area contributed by atoms with Crippen LogP contribution in [0.4, 0.5) is 4.39 Å². The topological polar surface area (TPSA) is 32.9 Å². The molecule has 0 bridgehead atoms. The van der Waals surface area contributed by atoms with Gasteiger partial charge in [0.05, 0.1) is 11.6 Å². The van der Waals surface area contributed by atoms with E-state index in [9.17, 15) is 9.18 Å². The molecule has 0 radical (unpaired) electrons. The SMILES string of the molecule is O=C(CCl)c1cc2cc(F)ccc2[nH]1. The number of Topliss-reactive ketones (excluding diaryl/α,β-unsaturated/α-hetero) is 1. The highest BCUT2D eigenvalue weighted by molar-refractivity contribution is 6.30. The van der Waals surface area contributed by atoms with Crippen LogP contribution in [0, 0.1) is 5.82 Å². The van der Waals surface area contributed by atoms with Crippen LogP contribution in [-0.4, -0.2) is 16.6 Å². The van der Waals surface area contributed by atoms with Gasteiger partial charge in [0, 0.05) is 10.9 Å². The maximum atomic E-state index is 12.8. The van der Waals surface area contributed by atoms with E-state index >= 15 is 0 Å². The fourth-order valence-corrected chi connectivity index (χ4v) is 1.47. The van der Waals surface area contributed by atoms with E-state index in [-0.39, 0.29) is 17.5 Å². The highest BCUT2D eigenvalue weighted by Crippen LogP contribution is 2.17. The number of carbonyl (C=O) groups is 1. The molecule has 0 aliphatic heterocycles. The van der Waals surface area contributed by atoms with Crippen LogP contribution in [0.3, 0.4) is 0 Å². The average molecular weight is 212 g/mol. The van der Waals surface area contributed by atoms with Crippen LogP contribution < -0.4 is 0 Å². The van der Waals surface area contributed by atoms with E-state index in [0.29, 0.717) is 11.1 Å². The first-order chi connectivity index (χ1) is 6.70. The van der Waals surface area contributed by atoms with Crippen LogP contribution >= 0.6 is 11.6 Å². The molecule has 0 saturated heterocycles. The Morgan fingerprint density at radius 1 is 1.43 bits per heavy atom. The van der Waals surface area contributed by atoms with Gasteiger partial charge < -0.3 is 4.98 Å². The number of benzene rings is 1. The highest BCUT2D eigenvalue weighted by Gasteiger charge is 2.08. The van der Waals surface area contributed by atoms with E-state index < -0.39 is 0 Å². The van der Waals surface area contributed by atoms with Gasteiger partial charge in [-0.05, 0) is 24.3 Å². The van der Waals surface area contributed by atoms with Crippen LogP contribution in [0.5, 0.6) is 0 Å². The lowest BCUT2D eigenvalue weighted by Crippen LogP contribution is -1.99. The number of carbonyl (C=O) groups excluding carboxylic acids is 1. The number of hydrogen-bond donors (Lipinski definition) is 1. The van der Waals surface area contributed by atoms with Crippen LogP contribution in [0.1, 0.15) is 10.5 Å². The summed E-state index contributed by atoms with van der Waals surface area (Å²) in [6, 6.07) is 5.91. The Kier molecular flexibility index (Phi) is 2.25. The predicted molar refractivity (Wildman–Crippen MR) is 53.3 cm³/mol. The second-order valence-corrected chi connectivity index (χ2v) is 3.24. The van der Waals surface area contributed by atoms with Crippen molar-refractivity contribution in [3.05, 3.63) is 35.8 Å². The predicted octanol–water partition coefficient (Wildman–Crippen LogP) is 2.73. The zero-order valence-electron chi connectivity index (χ0n) is 7.18. The van der Waals surface area contributed by atoms with Gasteiger partial charge in [0.2, 0.25) is 0 Å². The zero-order chi connectivity index (χ0) is 10.1. The second kappa shape index (κ2) is 3.42. The summed E-state index contributed by atoms with van der Waals surface area (Å²) in [4.78, 5) is 14.1. The van der Waals surface area contributed by atoms with Crippen molar-refractivity contribution in [3.8, 4) is 0 Å². The fourth-order valence-electron chi connectivity index (χ4n) is 1.33. The van der Waals surface area contributed by atoms with Crippen molar-refractivity contribution in [2.75, 3.05) is 5.88 Å². The number of rotatable bonds is 2. The minimum atomic E-state index is -0.318. The second-order valence-electron chi connectivity index (χ2n) is 2.97. The van der Waals surface area contributed by atoms with E-state index in [1.54, 1.807) is 12.1 Å². The van der Waals surface area contributed by atoms with Crippen molar-refractivity contribution >= 4 is 28.3 Å². The van der Waals surface area contributed by atoms with E-state index in [2.05, 4.69) is 4.98 Å². The number of aromatic amines is 1. The molecular weight excluding hydrogens is 205 g/mol. The van der Waals surface area contributed by atoms with Gasteiger partial charge in [-0.15, -0.1) is 11.6 Å². The Balaban J connectivity index is 2.56. The third-order valence-corrected chi connectivity index (χ3v) is 2.25. The first-order valence-electron chi connectivity index (χ1n) is 4.08. The maximum Gasteiger partial charge on any atom is 0.193 e. The Labute approximate surface area is 84.7 Å². The van der Waals surface area contributed by atoms with E-state index in [1.165, 1.54) is 12.1 Å². The Morgan fingerprint density at radius 3 is 2.93 bits per heavy atom. The van der Waals surface area contributed by atoms with E-state index in [0.717, 1.165) is 5.52 Å². The van der Waals surface area contributed by atoms with Gasteiger partial charge in [-0.2, -0.15) is 0 Å². The minimum absolute atomic E-state index is 0.0741. The molecule has 72 valence electrons. The highest BCUT2D eigenvalue weighted by atomic mass is 35.5. The number of halogens is 2. The van der Waals surface area contributed by atoms with Crippen LogP contribution in [-0.2, 0) is 0 Å². The van der Waals surface area contributed by atoms with Crippen molar-refractivity contribution in [2.24, 2.45) is 0 Å². The zero-order valence-corrected chi connectivity index (χ0v) is 7.94. The number of alkyl halides is 1. The molecule has 0 atom stereocenters. The number of hydrogen-bond acceptors (Lipinski definition) is 1. The molecule has 0 spiro atoms. The fraction of sp³-hybridized carbons (Fsp3) is 0.100. The van der Waals surface area contributed by atoms with Gasteiger partial charge in [0.25, 0.3) is 0 Å². The molecule has 0 fully saturated rings. The van der Waals surface area contributed by atoms with Crippen LogP contribution in [0.2, 0.25) is 0 Å². The molecule has 2 aromatic rings. The summed E-state index contributed by atoms with van der Waals surface area (Å²) in [6.45, 7) is 0. The van der Waals surface area contributed by atoms with Gasteiger partial charge in [-0.1, -0.05) is 0 Å². The van der Waals surface area contributed by atoms with Crippen LogP contribution in [0.25, 0.3) is 10.9 Å². The minimum Gasteiger partial charge on any atom is -0.352 e. The van der Waals surface area contributed by atoms with Crippen molar-refractivity contribution in [3.63, 3.8) is 0 Å². The summed E-state index contributed by atoms with van der Waals surface area (Å²) >= 11 is 5.40. The van der Waals surface area contributed by atoms with Gasteiger partial charge in [-0.25, -0.2) is 4.39 Å². The van der Waals surface area contributed by atoms with Crippen molar-refractivity contribution in [2.45, 2.75) is 0 Å². The quantitative estimate of drug-likeness (QED) is 0.601. The molecule has 1 aromatic heterocycles. The van der Waals surface area contributed by atoms with Gasteiger partial charge in [0.15, 0.2) is 5.78 Å². The van der Waals surface area contributed by atoms with Crippen molar-refractivity contribution in [1.82, 2.24) is 4.98 Å². The summed E-state index contributed by atoms with van der Waals surface area (Å²) in [7, 11) is 0. The average Bonchev–Trinajstić information content (AvgIpc) is 2.59. The smallest absolute Gasteiger partial charge is 0.193 e. The standard InChI is InChI=1S/C10H7ClFNO/c11-5-10(14)9-4-6-3-7(12)1-2-8(6)13-9/h1-4,13H,5H2. The molecule has 2 nitrogen and oxygen atoms in total. The van der Waals surface area contributed by atoms with Gasteiger partial charge in [0.1, 0.15) is 5.82 Å². The summed E-state index contributed by atoms with van der Waals surface area (Å²) in [5.41, 5.74) is 1.15.